The van der Waals surface area contributed by atoms with Gasteiger partial charge in [0, 0.05) is 37.8 Å². The van der Waals surface area contributed by atoms with E-state index in [4.69, 9.17) is 9.47 Å². The third kappa shape index (κ3) is 13.2. The van der Waals surface area contributed by atoms with Gasteiger partial charge in [0.2, 0.25) is 17.7 Å². The van der Waals surface area contributed by atoms with E-state index in [1.807, 2.05) is 60.7 Å². The van der Waals surface area contributed by atoms with Crippen LogP contribution in [0.25, 0.3) is 0 Å². The smallest absolute Gasteiger partial charge is 0.408 e. The van der Waals surface area contributed by atoms with E-state index in [2.05, 4.69) is 25.9 Å². The maximum absolute atomic E-state index is 14.3. The number of aliphatic hydroxyl groups is 1. The van der Waals surface area contributed by atoms with Crippen LogP contribution in [0.5, 0.6) is 0 Å². The van der Waals surface area contributed by atoms with Gasteiger partial charge < -0.3 is 40.4 Å². The van der Waals surface area contributed by atoms with Crippen LogP contribution in [0.4, 0.5) is 4.79 Å². The highest BCUT2D eigenvalue weighted by atomic mass is 16.6. The van der Waals surface area contributed by atoms with Gasteiger partial charge in [0.15, 0.2) is 0 Å². The lowest BCUT2D eigenvalue weighted by molar-refractivity contribution is -0.136. The van der Waals surface area contributed by atoms with Crippen molar-refractivity contribution in [3.63, 3.8) is 0 Å². The number of alkyl carbamates (subject to hydrolysis) is 1. The van der Waals surface area contributed by atoms with Crippen molar-refractivity contribution < 1.29 is 33.8 Å². The minimum Gasteiger partial charge on any atom is -0.444 e. The first-order valence-corrected chi connectivity index (χ1v) is 19.6. The normalized spacial score (nSPS) is 18.6. The number of aliphatic hydroxyl groups excluding tert-OH is 1. The predicted octanol–water partition coefficient (Wildman–Crippen LogP) is 4.45. The monoisotopic (exact) mass is 758 g/mol. The number of ether oxygens (including phenoxy) is 2. The summed E-state index contributed by atoms with van der Waals surface area (Å²) in [6.45, 7) is 6.93. The van der Waals surface area contributed by atoms with Gasteiger partial charge >= 0.3 is 6.09 Å². The molecule has 13 nitrogen and oxygen atoms in total. The van der Waals surface area contributed by atoms with Gasteiger partial charge in [0.05, 0.1) is 37.6 Å². The highest BCUT2D eigenvalue weighted by molar-refractivity contribution is 5.92. The van der Waals surface area contributed by atoms with Crippen LogP contribution in [0.2, 0.25) is 0 Å². The molecule has 3 aromatic rings. The second-order valence-electron chi connectivity index (χ2n) is 15.8. The van der Waals surface area contributed by atoms with Crippen molar-refractivity contribution in [2.75, 3.05) is 19.7 Å². The topological polar surface area (TPSA) is 175 Å². The van der Waals surface area contributed by atoms with Crippen LogP contribution in [0, 0.1) is 11.8 Å². The Morgan fingerprint density at radius 3 is 2.20 bits per heavy atom. The number of rotatable bonds is 18. The summed E-state index contributed by atoms with van der Waals surface area (Å²) in [5.74, 6) is -1.64. The highest BCUT2D eigenvalue weighted by Gasteiger charge is 2.42. The number of H-pyrrole nitrogens is 1. The Bertz CT molecular complexity index is 1640. The summed E-state index contributed by atoms with van der Waals surface area (Å²) in [6, 6.07) is 16.2. The van der Waals surface area contributed by atoms with Gasteiger partial charge in [-0.2, -0.15) is 0 Å². The summed E-state index contributed by atoms with van der Waals surface area (Å²) in [7, 11) is 0. The molecule has 0 radical (unpaired) electrons. The molecule has 13 heteroatoms. The zero-order valence-corrected chi connectivity index (χ0v) is 32.4. The molecule has 4 amide bonds. The number of nitrogens with zero attached hydrogens (tertiary/aromatic N) is 2. The summed E-state index contributed by atoms with van der Waals surface area (Å²) in [5.41, 5.74) is 1.68. The number of nitrogens with one attached hydrogen (secondary N) is 4. The zero-order chi connectivity index (χ0) is 39.2. The van der Waals surface area contributed by atoms with Crippen molar-refractivity contribution >= 4 is 23.8 Å². The molecule has 1 aliphatic carbocycles. The van der Waals surface area contributed by atoms with Crippen molar-refractivity contribution in [1.29, 1.82) is 0 Å². The number of aromatic amines is 1. The summed E-state index contributed by atoms with van der Waals surface area (Å²) in [5, 5.41) is 20.6. The second-order valence-corrected chi connectivity index (χ2v) is 15.8. The Balaban J connectivity index is 1.29. The Morgan fingerprint density at radius 2 is 1.55 bits per heavy atom. The molecule has 1 aromatic heterocycles. The Hall–Kier alpha value is -4.75. The Kier molecular flexibility index (Phi) is 15.2. The fourth-order valence-electron chi connectivity index (χ4n) is 7.48. The molecule has 0 bridgehead atoms. The lowest BCUT2D eigenvalue weighted by Crippen LogP contribution is -2.58. The molecule has 1 saturated heterocycles. The van der Waals surface area contributed by atoms with E-state index in [9.17, 15) is 24.3 Å². The average molecular weight is 759 g/mol. The summed E-state index contributed by atoms with van der Waals surface area (Å²) >= 11 is 0. The number of hydrogen-bond acceptors (Lipinski definition) is 8. The third-order valence-corrected chi connectivity index (χ3v) is 10.3. The number of hydrogen-bond donors (Lipinski definition) is 5. The largest absolute Gasteiger partial charge is 0.444 e. The predicted molar refractivity (Wildman–Crippen MR) is 207 cm³/mol. The van der Waals surface area contributed by atoms with Gasteiger partial charge in [-0.3, -0.25) is 14.4 Å². The number of aromatic nitrogens is 2. The van der Waals surface area contributed by atoms with E-state index in [0.29, 0.717) is 44.8 Å². The number of carbonyl (C=O) groups is 4. The van der Waals surface area contributed by atoms with E-state index in [-0.39, 0.29) is 24.7 Å². The molecular formula is C42H58N6O7. The molecule has 1 aliphatic heterocycles. The van der Waals surface area contributed by atoms with Gasteiger partial charge in [-0.1, -0.05) is 92.8 Å². The molecule has 5 rings (SSSR count). The van der Waals surface area contributed by atoms with Crippen molar-refractivity contribution in [2.24, 2.45) is 11.8 Å². The minimum absolute atomic E-state index is 0.0768. The van der Waals surface area contributed by atoms with Crippen molar-refractivity contribution in [2.45, 2.75) is 115 Å². The van der Waals surface area contributed by atoms with E-state index < -0.39 is 53.7 Å². The molecule has 0 spiro atoms. The Morgan fingerprint density at radius 1 is 0.891 bits per heavy atom. The molecule has 2 fully saturated rings. The number of benzene rings is 2. The first kappa shape index (κ1) is 41.4. The van der Waals surface area contributed by atoms with E-state index in [1.54, 1.807) is 31.9 Å². The molecule has 5 atom stereocenters. The van der Waals surface area contributed by atoms with Gasteiger partial charge in [0.1, 0.15) is 17.7 Å². The third-order valence-electron chi connectivity index (χ3n) is 10.3. The van der Waals surface area contributed by atoms with E-state index in [1.165, 1.54) is 6.33 Å². The van der Waals surface area contributed by atoms with Crippen LogP contribution in [0.15, 0.2) is 73.2 Å². The van der Waals surface area contributed by atoms with E-state index in [0.717, 1.165) is 43.2 Å². The quantitative estimate of drug-likeness (QED) is 0.118. The molecule has 298 valence electrons. The molecule has 2 aromatic carbocycles. The standard InChI is InChI=1S/C42H58N6O7/c1-42(2,3)55-41(53)47-35(24-30-15-9-5-10-16-30)38(50)46-36(25-32-26-43-28-44-32)39(51)45-34(23-29-13-7-4-8-14-29)37(49)33-19-20-48(40(33)52)21-22-54-27-31-17-11-6-12-18-31/h5-6,9-12,15-18,26,28-29,33-37,49H,4,7-8,13-14,19-25,27H2,1-3H3,(H,43,44)(H,45,51)(H,46,50)(H,47,53)/t33-,34-,35-,36-,37-/m0/s1. The SMILES string of the molecule is CC(C)(C)OC(=O)N[C@@H](Cc1ccccc1)C(=O)N[C@@H](Cc1cnc[nH]1)C(=O)N[C@@H](CC1CCCCC1)[C@@H](O)[C@@H]1CCN(CCOCc2ccccc2)C1=O. The first-order chi connectivity index (χ1) is 26.4. The lowest BCUT2D eigenvalue weighted by Gasteiger charge is -2.33. The molecule has 5 N–H and O–H groups in total. The fraction of sp³-hybridized carbons (Fsp3) is 0.548. The van der Waals surface area contributed by atoms with Crippen LogP contribution >= 0.6 is 0 Å². The van der Waals surface area contributed by atoms with Crippen molar-refractivity contribution in [1.82, 2.24) is 30.8 Å². The maximum Gasteiger partial charge on any atom is 0.408 e. The fourth-order valence-corrected chi connectivity index (χ4v) is 7.48. The van der Waals surface area contributed by atoms with Crippen LogP contribution in [-0.2, 0) is 43.3 Å². The number of imidazole rings is 1. The highest BCUT2D eigenvalue weighted by Crippen LogP contribution is 2.31. The van der Waals surface area contributed by atoms with Crippen molar-refractivity contribution in [3.8, 4) is 0 Å². The number of likely N-dealkylation sites (tertiary alicyclic amines) is 1. The van der Waals surface area contributed by atoms with Gasteiger partial charge in [0.25, 0.3) is 0 Å². The summed E-state index contributed by atoms with van der Waals surface area (Å²) in [6.07, 6.45) is 7.66. The van der Waals surface area contributed by atoms with Gasteiger partial charge in [-0.15, -0.1) is 0 Å². The van der Waals surface area contributed by atoms with Crippen molar-refractivity contribution in [3.05, 3.63) is 90.0 Å². The van der Waals surface area contributed by atoms with Crippen LogP contribution < -0.4 is 16.0 Å². The van der Waals surface area contributed by atoms with Crippen LogP contribution in [-0.4, -0.2) is 93.3 Å². The summed E-state index contributed by atoms with van der Waals surface area (Å²) < 4.78 is 11.3. The zero-order valence-electron chi connectivity index (χ0n) is 32.4. The molecule has 55 heavy (non-hydrogen) atoms. The minimum atomic E-state index is -1.13. The van der Waals surface area contributed by atoms with E-state index >= 15 is 0 Å². The summed E-state index contributed by atoms with van der Waals surface area (Å²) in [4.78, 5) is 63.7. The molecule has 2 aliphatic rings. The molecule has 2 heterocycles. The van der Waals surface area contributed by atoms with Crippen LogP contribution in [0.3, 0.4) is 0 Å². The maximum atomic E-state index is 14.3. The number of amides is 4. The average Bonchev–Trinajstić information content (AvgIpc) is 3.82. The second kappa shape index (κ2) is 20.2. The molecule has 1 saturated carbocycles. The van der Waals surface area contributed by atoms with Gasteiger partial charge in [-0.25, -0.2) is 9.78 Å². The van der Waals surface area contributed by atoms with Gasteiger partial charge in [-0.05, 0) is 50.7 Å². The molecular weight excluding hydrogens is 700 g/mol. The van der Waals surface area contributed by atoms with Crippen LogP contribution in [0.1, 0.15) is 82.5 Å². The lowest BCUT2D eigenvalue weighted by atomic mass is 9.81. The molecule has 0 unspecified atom stereocenters. The number of carbonyl (C=O) groups excluding carboxylic acids is 4. The Labute approximate surface area is 324 Å². The first-order valence-electron chi connectivity index (χ1n) is 19.6.